The van der Waals surface area contributed by atoms with E-state index in [-0.39, 0.29) is 5.75 Å². The molecule has 0 spiro atoms. The maximum absolute atomic E-state index is 11.4. The zero-order chi connectivity index (χ0) is 12.7. The highest BCUT2D eigenvalue weighted by Crippen LogP contribution is 2.19. The molecular formula is C12H15NO2S2. The first-order chi connectivity index (χ1) is 8.17. The Balaban J connectivity index is 2.67. The number of ether oxygens (including phenoxy) is 1. The summed E-state index contributed by atoms with van der Waals surface area (Å²) in [5.74, 6) is -0.125. The Morgan fingerprint density at radius 1 is 1.41 bits per heavy atom. The second-order valence-corrected chi connectivity index (χ2v) is 4.47. The van der Waals surface area contributed by atoms with Crippen LogP contribution in [0.3, 0.4) is 0 Å². The molecule has 17 heavy (non-hydrogen) atoms. The summed E-state index contributed by atoms with van der Waals surface area (Å²) in [4.78, 5) is 12.4. The zero-order valence-corrected chi connectivity index (χ0v) is 11.6. The Bertz CT molecular complexity index is 401. The van der Waals surface area contributed by atoms with Gasteiger partial charge in [0.1, 0.15) is 5.71 Å². The van der Waals surface area contributed by atoms with Gasteiger partial charge in [0.25, 0.3) is 0 Å². The van der Waals surface area contributed by atoms with Crippen LogP contribution in [-0.2, 0) is 9.53 Å². The molecule has 0 saturated heterocycles. The van der Waals surface area contributed by atoms with E-state index in [1.807, 2.05) is 31.2 Å². The molecule has 0 amide bonds. The van der Waals surface area contributed by atoms with Crippen molar-refractivity contribution in [2.45, 2.75) is 18.7 Å². The Morgan fingerprint density at radius 3 is 2.59 bits per heavy atom. The van der Waals surface area contributed by atoms with Crippen molar-refractivity contribution >= 4 is 36.3 Å². The zero-order valence-electron chi connectivity index (χ0n) is 9.84. The summed E-state index contributed by atoms with van der Waals surface area (Å²) in [6.07, 6.45) is 0. The van der Waals surface area contributed by atoms with Gasteiger partial charge in [-0.1, -0.05) is 17.7 Å². The van der Waals surface area contributed by atoms with Crippen LogP contribution in [0.4, 0.5) is 0 Å². The molecule has 1 rings (SSSR count). The van der Waals surface area contributed by atoms with Crippen molar-refractivity contribution in [1.29, 1.82) is 0 Å². The first kappa shape index (κ1) is 14.1. The van der Waals surface area contributed by atoms with Gasteiger partial charge in [-0.25, -0.2) is 9.19 Å². The number of carbonyl (C=O) groups is 1. The van der Waals surface area contributed by atoms with Crippen LogP contribution in [0.5, 0.6) is 0 Å². The molecule has 1 aromatic rings. The third-order valence-corrected chi connectivity index (χ3v) is 3.04. The van der Waals surface area contributed by atoms with E-state index in [4.69, 9.17) is 4.74 Å². The van der Waals surface area contributed by atoms with Crippen LogP contribution in [-0.4, -0.2) is 24.0 Å². The van der Waals surface area contributed by atoms with E-state index < -0.39 is 5.97 Å². The maximum atomic E-state index is 11.4. The number of thiol groups is 1. The standard InChI is InChI=1S/C12H15NO2S2/c1-3-15-12(14)11(8-16)13-17-10-6-4-9(2)5-7-10/h4-7,16H,3,8H2,1-2H3/b13-11+. The molecule has 0 aliphatic rings. The molecule has 3 nitrogen and oxygen atoms in total. The minimum atomic E-state index is -0.401. The first-order valence-electron chi connectivity index (χ1n) is 5.26. The van der Waals surface area contributed by atoms with E-state index >= 15 is 0 Å². The van der Waals surface area contributed by atoms with Crippen LogP contribution < -0.4 is 0 Å². The van der Waals surface area contributed by atoms with Gasteiger partial charge in [0.15, 0.2) is 0 Å². The lowest BCUT2D eigenvalue weighted by atomic mass is 10.2. The summed E-state index contributed by atoms with van der Waals surface area (Å²) < 4.78 is 9.01. The Kier molecular flexibility index (Phi) is 6.15. The minimum absolute atomic E-state index is 0.275. The molecule has 1 aromatic carbocycles. The fraction of sp³-hybridized carbons (Fsp3) is 0.333. The molecule has 0 aliphatic heterocycles. The molecule has 0 radical (unpaired) electrons. The molecule has 0 aliphatic carbocycles. The van der Waals surface area contributed by atoms with Gasteiger partial charge in [-0.3, -0.25) is 0 Å². The van der Waals surface area contributed by atoms with E-state index in [1.165, 1.54) is 17.5 Å². The monoisotopic (exact) mass is 269 g/mol. The fourth-order valence-electron chi connectivity index (χ4n) is 1.05. The Morgan fingerprint density at radius 2 is 2.06 bits per heavy atom. The molecule has 0 saturated carbocycles. The average Bonchev–Trinajstić information content (AvgIpc) is 2.32. The van der Waals surface area contributed by atoms with Crippen LogP contribution in [0.15, 0.2) is 33.6 Å². The third kappa shape index (κ3) is 4.83. The number of nitrogens with zero attached hydrogens (tertiary/aromatic N) is 1. The molecule has 0 atom stereocenters. The summed E-state index contributed by atoms with van der Waals surface area (Å²) in [6, 6.07) is 7.93. The lowest BCUT2D eigenvalue weighted by molar-refractivity contribution is -0.135. The molecule has 5 heteroatoms. The van der Waals surface area contributed by atoms with Crippen molar-refractivity contribution in [3.8, 4) is 0 Å². The van der Waals surface area contributed by atoms with Gasteiger partial charge in [0, 0.05) is 22.6 Å². The smallest absolute Gasteiger partial charge is 0.354 e. The molecule has 0 heterocycles. The van der Waals surface area contributed by atoms with E-state index in [0.29, 0.717) is 12.3 Å². The molecule has 0 unspecified atom stereocenters. The van der Waals surface area contributed by atoms with E-state index in [0.717, 1.165) is 4.90 Å². The predicted octanol–water partition coefficient (Wildman–Crippen LogP) is 2.94. The maximum Gasteiger partial charge on any atom is 0.354 e. The minimum Gasteiger partial charge on any atom is -0.461 e. The summed E-state index contributed by atoms with van der Waals surface area (Å²) in [5.41, 5.74) is 1.53. The van der Waals surface area contributed by atoms with E-state index in [1.54, 1.807) is 6.92 Å². The molecule has 0 N–H and O–H groups in total. The summed E-state index contributed by atoms with van der Waals surface area (Å²) in [7, 11) is 0. The highest BCUT2D eigenvalue weighted by atomic mass is 32.2. The number of benzene rings is 1. The SMILES string of the molecule is CCOC(=O)/C(CS)=N/Sc1ccc(C)cc1. The van der Waals surface area contributed by atoms with Crippen LogP contribution >= 0.6 is 24.6 Å². The lowest BCUT2D eigenvalue weighted by Crippen LogP contribution is -2.18. The van der Waals surface area contributed by atoms with Crippen molar-refractivity contribution in [3.05, 3.63) is 29.8 Å². The molecule has 0 fully saturated rings. The van der Waals surface area contributed by atoms with Crippen LogP contribution in [0, 0.1) is 6.92 Å². The molecule has 92 valence electrons. The van der Waals surface area contributed by atoms with Gasteiger partial charge >= 0.3 is 5.97 Å². The van der Waals surface area contributed by atoms with E-state index in [2.05, 4.69) is 17.0 Å². The van der Waals surface area contributed by atoms with Crippen molar-refractivity contribution in [2.24, 2.45) is 4.40 Å². The van der Waals surface area contributed by atoms with E-state index in [9.17, 15) is 4.79 Å². The topological polar surface area (TPSA) is 38.7 Å². The second-order valence-electron chi connectivity index (χ2n) is 3.32. The summed E-state index contributed by atoms with van der Waals surface area (Å²) in [6.45, 7) is 4.14. The fourth-order valence-corrected chi connectivity index (χ4v) is 1.96. The van der Waals surface area contributed by atoms with Crippen LogP contribution in [0.1, 0.15) is 12.5 Å². The summed E-state index contributed by atoms with van der Waals surface area (Å²) >= 11 is 5.32. The molecular weight excluding hydrogens is 254 g/mol. The molecule has 0 aromatic heterocycles. The van der Waals surface area contributed by atoms with Crippen LogP contribution in [0.25, 0.3) is 0 Å². The third-order valence-electron chi connectivity index (χ3n) is 1.94. The normalized spacial score (nSPS) is 11.4. The van der Waals surface area contributed by atoms with Crippen molar-refractivity contribution in [1.82, 2.24) is 0 Å². The van der Waals surface area contributed by atoms with Crippen LogP contribution in [0.2, 0.25) is 0 Å². The van der Waals surface area contributed by atoms with Crippen molar-refractivity contribution in [2.75, 3.05) is 12.4 Å². The van der Waals surface area contributed by atoms with Gasteiger partial charge in [0.2, 0.25) is 0 Å². The lowest BCUT2D eigenvalue weighted by Gasteiger charge is -2.02. The van der Waals surface area contributed by atoms with Gasteiger partial charge in [-0.2, -0.15) is 12.6 Å². The Labute approximate surface area is 111 Å². The average molecular weight is 269 g/mol. The number of carbonyl (C=O) groups excluding carboxylic acids is 1. The number of aryl methyl sites for hydroxylation is 1. The quantitative estimate of drug-likeness (QED) is 0.386. The number of rotatable bonds is 5. The second kappa shape index (κ2) is 7.40. The first-order valence-corrected chi connectivity index (χ1v) is 6.66. The van der Waals surface area contributed by atoms with Gasteiger partial charge in [0.05, 0.1) is 6.61 Å². The summed E-state index contributed by atoms with van der Waals surface area (Å²) in [5, 5.41) is 0. The van der Waals surface area contributed by atoms with Crippen molar-refractivity contribution < 1.29 is 9.53 Å². The van der Waals surface area contributed by atoms with Gasteiger partial charge in [-0.05, 0) is 26.0 Å². The number of hydrogen-bond acceptors (Lipinski definition) is 5. The number of hydrogen-bond donors (Lipinski definition) is 1. The molecule has 0 bridgehead atoms. The van der Waals surface area contributed by atoms with Crippen molar-refractivity contribution in [3.63, 3.8) is 0 Å². The Hall–Kier alpha value is -0.940. The largest absolute Gasteiger partial charge is 0.461 e. The predicted molar refractivity (Wildman–Crippen MR) is 75.0 cm³/mol. The highest BCUT2D eigenvalue weighted by molar-refractivity contribution is 7.98. The highest BCUT2D eigenvalue weighted by Gasteiger charge is 2.10. The van der Waals surface area contributed by atoms with Gasteiger partial charge in [-0.15, -0.1) is 0 Å². The number of esters is 1. The van der Waals surface area contributed by atoms with Gasteiger partial charge < -0.3 is 4.74 Å².